The van der Waals surface area contributed by atoms with Crippen molar-refractivity contribution < 1.29 is 4.42 Å². The van der Waals surface area contributed by atoms with Gasteiger partial charge >= 0.3 is 0 Å². The first-order chi connectivity index (χ1) is 29.9. The van der Waals surface area contributed by atoms with Gasteiger partial charge in [0.2, 0.25) is 0 Å². The molecule has 8 rings (SSSR count). The summed E-state index contributed by atoms with van der Waals surface area (Å²) in [6.07, 6.45) is 13.6. The highest BCUT2D eigenvalue weighted by molar-refractivity contribution is 6.13. The van der Waals surface area contributed by atoms with Crippen LogP contribution in [0.15, 0.2) is 168 Å². The molecule has 0 radical (unpaired) electrons. The molecule has 1 aliphatic rings. The Morgan fingerprint density at radius 3 is 1.92 bits per heavy atom. The maximum Gasteiger partial charge on any atom is 0.136 e. The van der Waals surface area contributed by atoms with Crippen LogP contribution < -0.4 is 5.32 Å². The summed E-state index contributed by atoms with van der Waals surface area (Å²) in [7, 11) is 0. The van der Waals surface area contributed by atoms with Gasteiger partial charge in [-0.25, -0.2) is 0 Å². The molecule has 0 bridgehead atoms. The average molecular weight is 813 g/mol. The van der Waals surface area contributed by atoms with Crippen molar-refractivity contribution in [3.8, 4) is 22.3 Å². The molecule has 1 heterocycles. The number of rotatable bonds is 7. The van der Waals surface area contributed by atoms with Gasteiger partial charge in [0, 0.05) is 28.9 Å². The van der Waals surface area contributed by atoms with Crippen molar-refractivity contribution in [2.24, 2.45) is 0 Å². The van der Waals surface area contributed by atoms with Crippen LogP contribution >= 0.6 is 0 Å². The zero-order valence-corrected chi connectivity index (χ0v) is 38.7. The van der Waals surface area contributed by atoms with Gasteiger partial charge in [-0.3, -0.25) is 0 Å². The molecule has 7 aromatic rings. The van der Waals surface area contributed by atoms with E-state index in [2.05, 4.69) is 206 Å². The van der Waals surface area contributed by atoms with Gasteiger partial charge in [-0.1, -0.05) is 219 Å². The van der Waals surface area contributed by atoms with Gasteiger partial charge in [0.1, 0.15) is 11.2 Å². The fraction of sp³-hybridized carbons (Fsp3) is 0.293. The quantitative estimate of drug-likeness (QED) is 0.124. The van der Waals surface area contributed by atoms with Crippen molar-refractivity contribution in [2.45, 2.75) is 107 Å². The molecule has 0 spiro atoms. The number of aryl methyl sites for hydroxylation is 2. The molecule has 2 N–H and O–H groups in total. The number of hydrogen-bond acceptors (Lipinski definition) is 3. The molecule has 1 unspecified atom stereocenters. The van der Waals surface area contributed by atoms with Crippen molar-refractivity contribution in [3.05, 3.63) is 186 Å². The van der Waals surface area contributed by atoms with Gasteiger partial charge in [-0.15, -0.1) is 0 Å². The molecular formula is C58H72N2O. The standard InChI is InChI=1S/C31H33NO.C13H12.C8H10.C3H8.C2H6.CH3N/c1-4-6-20-32-26-16-11-15-25-29(26)21(3)22(5-2)12-7-8-13-23-18-19-28-31(30(23)25)24-14-9-10-17-27(24)33-28;1-11-7-9-13(10-8-11)12-5-3-2-4-6-12;1-2-8-6-4-3-5-7-8;1-3-2;2*1-2/h7-12,14-19,21,32H,4-6,13,20H2,1-3H3;2-10H,1H3;3-7H,2H2,1H3;3H2,1-2H3;1-2H3;2H,1H2/b8-7-,22-12-;;;;;. The molecule has 1 atom stereocenters. The molecule has 0 saturated heterocycles. The summed E-state index contributed by atoms with van der Waals surface area (Å²) in [6, 6.07) is 49.1. The van der Waals surface area contributed by atoms with E-state index in [9.17, 15) is 0 Å². The predicted molar refractivity (Wildman–Crippen MR) is 272 cm³/mol. The van der Waals surface area contributed by atoms with Crippen molar-refractivity contribution in [1.29, 1.82) is 5.41 Å². The zero-order valence-electron chi connectivity index (χ0n) is 38.7. The minimum absolute atomic E-state index is 0.319. The van der Waals surface area contributed by atoms with Gasteiger partial charge < -0.3 is 15.1 Å². The third-order valence-corrected chi connectivity index (χ3v) is 10.4. The van der Waals surface area contributed by atoms with Crippen molar-refractivity contribution in [1.82, 2.24) is 0 Å². The maximum atomic E-state index is 6.30. The number of unbranched alkanes of at least 4 members (excludes halogenated alkanes) is 1. The highest BCUT2D eigenvalue weighted by Gasteiger charge is 2.24. The van der Waals surface area contributed by atoms with Crippen LogP contribution in [0.4, 0.5) is 5.69 Å². The molecule has 1 aromatic heterocycles. The van der Waals surface area contributed by atoms with Crippen LogP contribution in [0.5, 0.6) is 0 Å². The minimum atomic E-state index is 0.319. The zero-order chi connectivity index (χ0) is 44.4. The molecule has 0 aliphatic heterocycles. The van der Waals surface area contributed by atoms with E-state index in [0.29, 0.717) is 5.92 Å². The third kappa shape index (κ3) is 14.1. The number of hydrogen-bond donors (Lipinski definition) is 2. The normalized spacial score (nSPS) is 13.7. The molecule has 3 heteroatoms. The summed E-state index contributed by atoms with van der Waals surface area (Å²) < 4.78 is 6.30. The Labute approximate surface area is 369 Å². The van der Waals surface area contributed by atoms with Gasteiger partial charge in [0.15, 0.2) is 0 Å². The number of furan rings is 1. The molecule has 1 aliphatic carbocycles. The summed E-state index contributed by atoms with van der Waals surface area (Å²) >= 11 is 0. The second kappa shape index (κ2) is 27.8. The number of fused-ring (bicyclic) bond motifs is 7. The van der Waals surface area contributed by atoms with Crippen LogP contribution in [0.1, 0.15) is 109 Å². The second-order valence-corrected chi connectivity index (χ2v) is 14.8. The first kappa shape index (κ1) is 49.4. The van der Waals surface area contributed by atoms with Crippen LogP contribution in [0, 0.1) is 12.3 Å². The van der Waals surface area contributed by atoms with Gasteiger partial charge in [-0.2, -0.15) is 0 Å². The molecule has 3 nitrogen and oxygen atoms in total. The largest absolute Gasteiger partial charge is 0.456 e. The fourth-order valence-electron chi connectivity index (χ4n) is 7.37. The Hall–Kier alpha value is -5.93. The molecule has 0 fully saturated rings. The molecule has 0 amide bonds. The first-order valence-electron chi connectivity index (χ1n) is 22.6. The number of nitrogens with one attached hydrogen (secondary N) is 2. The fourth-order valence-corrected chi connectivity index (χ4v) is 7.37. The van der Waals surface area contributed by atoms with E-state index >= 15 is 0 Å². The van der Waals surface area contributed by atoms with Gasteiger partial charge in [-0.05, 0) is 96.5 Å². The highest BCUT2D eigenvalue weighted by atomic mass is 16.3. The lowest BCUT2D eigenvalue weighted by Crippen LogP contribution is -2.09. The lowest BCUT2D eigenvalue weighted by Gasteiger charge is -2.25. The van der Waals surface area contributed by atoms with E-state index in [1.54, 1.807) is 0 Å². The van der Waals surface area contributed by atoms with Crippen molar-refractivity contribution in [3.63, 3.8) is 0 Å². The smallest absolute Gasteiger partial charge is 0.136 e. The number of benzene rings is 6. The maximum absolute atomic E-state index is 6.30. The average Bonchev–Trinajstić information content (AvgIpc) is 3.70. The number of para-hydroxylation sites is 1. The lowest BCUT2D eigenvalue weighted by atomic mass is 9.81. The Kier molecular flexibility index (Phi) is 22.5. The Bertz CT molecular complexity index is 2330. The summed E-state index contributed by atoms with van der Waals surface area (Å²) in [4.78, 5) is 0. The van der Waals surface area contributed by atoms with Crippen LogP contribution in [0.3, 0.4) is 0 Å². The van der Waals surface area contributed by atoms with E-state index in [-0.39, 0.29) is 0 Å². The van der Waals surface area contributed by atoms with E-state index in [1.807, 2.05) is 26.0 Å². The van der Waals surface area contributed by atoms with Crippen molar-refractivity contribution >= 4 is 34.3 Å². The summed E-state index contributed by atoms with van der Waals surface area (Å²) in [5.41, 5.74) is 15.3. The molecule has 320 valence electrons. The van der Waals surface area contributed by atoms with E-state index in [0.717, 1.165) is 37.0 Å². The van der Waals surface area contributed by atoms with E-state index in [4.69, 9.17) is 9.83 Å². The second-order valence-electron chi connectivity index (χ2n) is 14.8. The third-order valence-electron chi connectivity index (χ3n) is 10.4. The molecule has 0 saturated carbocycles. The van der Waals surface area contributed by atoms with Crippen LogP contribution in [0.2, 0.25) is 0 Å². The number of anilines is 1. The predicted octanol–water partition coefficient (Wildman–Crippen LogP) is 17.6. The van der Waals surface area contributed by atoms with Gasteiger partial charge in [0.05, 0.1) is 0 Å². The molecule has 61 heavy (non-hydrogen) atoms. The topological polar surface area (TPSA) is 49.0 Å². The van der Waals surface area contributed by atoms with Crippen molar-refractivity contribution in [2.75, 3.05) is 11.9 Å². The monoisotopic (exact) mass is 813 g/mol. The summed E-state index contributed by atoms with van der Waals surface area (Å²) in [5, 5.41) is 11.7. The van der Waals surface area contributed by atoms with E-state index in [1.165, 1.54) is 85.8 Å². The molecular weight excluding hydrogens is 741 g/mol. The lowest BCUT2D eigenvalue weighted by molar-refractivity contribution is 0.669. The highest BCUT2D eigenvalue weighted by Crippen LogP contribution is 2.45. The Morgan fingerprint density at radius 2 is 1.30 bits per heavy atom. The van der Waals surface area contributed by atoms with Crippen LogP contribution in [-0.4, -0.2) is 13.3 Å². The SMILES string of the molecule is C=N.CC.CCC.CCCCNc1cccc2c1C(C)/C(CC)=C\C=C/Cc1ccc3oc4ccccc4c3c1-2.CCc1ccccc1.Cc1ccc(-c2ccccc2)cc1. The first-order valence-corrected chi connectivity index (χ1v) is 22.6. The van der Waals surface area contributed by atoms with E-state index < -0.39 is 0 Å². The van der Waals surface area contributed by atoms with Crippen LogP contribution in [-0.2, 0) is 12.8 Å². The Balaban J connectivity index is 0.000000289. The molecule has 6 aromatic carbocycles. The van der Waals surface area contributed by atoms with Gasteiger partial charge in [0.25, 0.3) is 0 Å². The minimum Gasteiger partial charge on any atom is -0.456 e. The summed E-state index contributed by atoms with van der Waals surface area (Å²) in [6.45, 7) is 22.9. The number of allylic oxidation sites excluding steroid dienone is 4. The van der Waals surface area contributed by atoms with Crippen LogP contribution in [0.25, 0.3) is 44.2 Å². The summed E-state index contributed by atoms with van der Waals surface area (Å²) in [5.74, 6) is 0.319. The Morgan fingerprint density at radius 1 is 0.672 bits per heavy atom.